The second-order valence-corrected chi connectivity index (χ2v) is 6.01. The molecule has 3 N–H and O–H groups in total. The monoisotopic (exact) mass is 350 g/mol. The molecule has 0 unspecified atom stereocenters. The van der Waals surface area contributed by atoms with Crippen LogP contribution in [0.5, 0.6) is 0 Å². The van der Waals surface area contributed by atoms with Gasteiger partial charge in [0.15, 0.2) is 5.96 Å². The van der Waals surface area contributed by atoms with E-state index in [9.17, 15) is 0 Å². The van der Waals surface area contributed by atoms with Crippen molar-refractivity contribution in [1.82, 2.24) is 9.88 Å². The van der Waals surface area contributed by atoms with Gasteiger partial charge < -0.3 is 20.4 Å². The highest BCUT2D eigenvalue weighted by molar-refractivity contribution is 9.10. The lowest BCUT2D eigenvalue weighted by Gasteiger charge is -2.27. The van der Waals surface area contributed by atoms with E-state index in [4.69, 9.17) is 10.5 Å². The van der Waals surface area contributed by atoms with Gasteiger partial charge in [0, 0.05) is 41.2 Å². The third-order valence-corrected chi connectivity index (χ3v) is 4.21. The average Bonchev–Trinajstić information content (AvgIpc) is 2.90. The van der Waals surface area contributed by atoms with Crippen LogP contribution in [0.2, 0.25) is 0 Å². The van der Waals surface area contributed by atoms with Crippen molar-refractivity contribution < 1.29 is 4.74 Å². The van der Waals surface area contributed by atoms with Crippen LogP contribution in [0.3, 0.4) is 0 Å². The molecule has 0 radical (unpaired) electrons. The van der Waals surface area contributed by atoms with Crippen molar-refractivity contribution in [2.75, 3.05) is 32.8 Å². The maximum atomic E-state index is 6.03. The minimum absolute atomic E-state index is 0.624. The van der Waals surface area contributed by atoms with Gasteiger partial charge >= 0.3 is 0 Å². The Morgan fingerprint density at radius 1 is 1.38 bits per heavy atom. The van der Waals surface area contributed by atoms with E-state index in [0.29, 0.717) is 12.5 Å². The molecule has 0 aliphatic carbocycles. The molecule has 1 aliphatic rings. The Morgan fingerprint density at radius 3 is 3.00 bits per heavy atom. The summed E-state index contributed by atoms with van der Waals surface area (Å²) in [5, 5.41) is 1.24. The van der Waals surface area contributed by atoms with Crippen molar-refractivity contribution in [1.29, 1.82) is 0 Å². The van der Waals surface area contributed by atoms with Gasteiger partial charge in [-0.3, -0.25) is 4.99 Å². The van der Waals surface area contributed by atoms with Crippen molar-refractivity contribution in [3.05, 3.63) is 34.4 Å². The van der Waals surface area contributed by atoms with Crippen LogP contribution in [-0.4, -0.2) is 48.7 Å². The molecule has 5 nitrogen and oxygen atoms in total. The zero-order valence-corrected chi connectivity index (χ0v) is 13.4. The third-order valence-electron chi connectivity index (χ3n) is 3.72. The third kappa shape index (κ3) is 3.39. The predicted molar refractivity (Wildman–Crippen MR) is 88.6 cm³/mol. The second-order valence-electron chi connectivity index (χ2n) is 5.09. The Kier molecular flexibility index (Phi) is 4.45. The quantitative estimate of drug-likeness (QED) is 0.658. The number of morpholine rings is 1. The Hall–Kier alpha value is -1.53. The average molecular weight is 351 g/mol. The van der Waals surface area contributed by atoms with E-state index in [1.165, 1.54) is 10.9 Å². The first-order valence-corrected chi connectivity index (χ1v) is 7.91. The van der Waals surface area contributed by atoms with Gasteiger partial charge in [-0.05, 0) is 30.2 Å². The van der Waals surface area contributed by atoms with Gasteiger partial charge in [-0.2, -0.15) is 0 Å². The molecule has 2 aromatic rings. The van der Waals surface area contributed by atoms with E-state index in [0.717, 1.165) is 42.7 Å². The molecule has 1 aromatic heterocycles. The van der Waals surface area contributed by atoms with Crippen LogP contribution in [0.4, 0.5) is 0 Å². The summed E-state index contributed by atoms with van der Waals surface area (Å²) in [5.41, 5.74) is 8.45. The molecule has 21 heavy (non-hydrogen) atoms. The molecule has 6 heteroatoms. The van der Waals surface area contributed by atoms with E-state index in [1.807, 2.05) is 6.07 Å². The van der Waals surface area contributed by atoms with Crippen molar-refractivity contribution in [3.8, 4) is 0 Å². The number of nitrogens with two attached hydrogens (primary N) is 1. The number of benzene rings is 1. The highest BCUT2D eigenvalue weighted by Crippen LogP contribution is 2.23. The summed E-state index contributed by atoms with van der Waals surface area (Å²) in [6.07, 6.45) is 2.93. The SMILES string of the molecule is NC(=NCCc1c[nH]c2ccc(Br)cc12)N1CCOCC1. The largest absolute Gasteiger partial charge is 0.378 e. The number of guanidine groups is 1. The zero-order valence-electron chi connectivity index (χ0n) is 11.8. The fraction of sp³-hybridized carbons (Fsp3) is 0.400. The summed E-state index contributed by atoms with van der Waals surface area (Å²) in [7, 11) is 0. The van der Waals surface area contributed by atoms with E-state index < -0.39 is 0 Å². The molecule has 0 spiro atoms. The summed E-state index contributed by atoms with van der Waals surface area (Å²) >= 11 is 3.51. The molecule has 1 aliphatic heterocycles. The highest BCUT2D eigenvalue weighted by Gasteiger charge is 2.12. The molecule has 1 aromatic carbocycles. The number of aliphatic imine (C=N–C) groups is 1. The standard InChI is InChI=1S/C15H19BrN4O/c16-12-1-2-14-13(9-12)11(10-19-14)3-4-18-15(17)20-5-7-21-8-6-20/h1-2,9-10,19H,3-8H2,(H2,17,18). The highest BCUT2D eigenvalue weighted by atomic mass is 79.9. The number of hydrogen-bond acceptors (Lipinski definition) is 2. The topological polar surface area (TPSA) is 66.6 Å². The lowest BCUT2D eigenvalue weighted by atomic mass is 10.1. The smallest absolute Gasteiger partial charge is 0.191 e. The van der Waals surface area contributed by atoms with E-state index in [-0.39, 0.29) is 0 Å². The predicted octanol–water partition coefficient (Wildman–Crippen LogP) is 2.12. The number of nitrogens with zero attached hydrogens (tertiary/aromatic N) is 2. The van der Waals surface area contributed by atoms with Crippen LogP contribution < -0.4 is 5.73 Å². The van der Waals surface area contributed by atoms with E-state index in [1.54, 1.807) is 0 Å². The number of nitrogens with one attached hydrogen (secondary N) is 1. The Morgan fingerprint density at radius 2 is 2.19 bits per heavy atom. The molecule has 2 heterocycles. The van der Waals surface area contributed by atoms with Crippen LogP contribution in [-0.2, 0) is 11.2 Å². The number of rotatable bonds is 3. The van der Waals surface area contributed by atoms with Gasteiger partial charge in [0.2, 0.25) is 0 Å². The lowest BCUT2D eigenvalue weighted by Crippen LogP contribution is -2.44. The van der Waals surface area contributed by atoms with Gasteiger partial charge in [0.05, 0.1) is 13.2 Å². The molecule has 0 saturated carbocycles. The van der Waals surface area contributed by atoms with Crippen LogP contribution in [0.15, 0.2) is 33.9 Å². The first-order valence-electron chi connectivity index (χ1n) is 7.12. The van der Waals surface area contributed by atoms with E-state index >= 15 is 0 Å². The Bertz CT molecular complexity index is 646. The normalized spacial score (nSPS) is 16.6. The summed E-state index contributed by atoms with van der Waals surface area (Å²) in [6, 6.07) is 6.25. The van der Waals surface area contributed by atoms with Crippen LogP contribution in [0.1, 0.15) is 5.56 Å². The molecular formula is C15H19BrN4O. The Labute approximate surface area is 132 Å². The maximum absolute atomic E-state index is 6.03. The molecule has 1 saturated heterocycles. The number of aromatic amines is 1. The molecule has 0 amide bonds. The molecule has 3 rings (SSSR count). The molecule has 1 fully saturated rings. The fourth-order valence-corrected chi connectivity index (χ4v) is 2.90. The fourth-order valence-electron chi connectivity index (χ4n) is 2.54. The van der Waals surface area contributed by atoms with Crippen molar-refractivity contribution in [3.63, 3.8) is 0 Å². The van der Waals surface area contributed by atoms with Gasteiger partial charge in [-0.15, -0.1) is 0 Å². The van der Waals surface area contributed by atoms with Gasteiger partial charge in [-0.1, -0.05) is 15.9 Å². The summed E-state index contributed by atoms with van der Waals surface area (Å²) in [6.45, 7) is 3.81. The first-order chi connectivity index (χ1) is 10.2. The summed E-state index contributed by atoms with van der Waals surface area (Å²) < 4.78 is 6.40. The van der Waals surface area contributed by atoms with Gasteiger partial charge in [0.25, 0.3) is 0 Å². The molecule has 0 atom stereocenters. The summed E-state index contributed by atoms with van der Waals surface area (Å²) in [4.78, 5) is 9.86. The number of fused-ring (bicyclic) bond motifs is 1. The summed E-state index contributed by atoms with van der Waals surface area (Å²) in [5.74, 6) is 0.624. The number of hydrogen-bond donors (Lipinski definition) is 2. The Balaban J connectivity index is 1.64. The maximum Gasteiger partial charge on any atom is 0.191 e. The van der Waals surface area contributed by atoms with E-state index in [2.05, 4.69) is 49.1 Å². The molecular weight excluding hydrogens is 332 g/mol. The van der Waals surface area contributed by atoms with Crippen molar-refractivity contribution >= 4 is 32.8 Å². The molecule has 0 bridgehead atoms. The minimum atomic E-state index is 0.624. The molecule has 112 valence electrons. The lowest BCUT2D eigenvalue weighted by molar-refractivity contribution is 0.0674. The minimum Gasteiger partial charge on any atom is -0.378 e. The van der Waals surface area contributed by atoms with Crippen molar-refractivity contribution in [2.24, 2.45) is 10.7 Å². The number of ether oxygens (including phenoxy) is 1. The number of aromatic nitrogens is 1. The van der Waals surface area contributed by atoms with Crippen LogP contribution in [0.25, 0.3) is 10.9 Å². The van der Waals surface area contributed by atoms with Crippen molar-refractivity contribution in [2.45, 2.75) is 6.42 Å². The van der Waals surface area contributed by atoms with Crippen LogP contribution >= 0.6 is 15.9 Å². The number of halogens is 1. The first kappa shape index (κ1) is 14.4. The number of H-pyrrole nitrogens is 1. The van der Waals surface area contributed by atoms with Gasteiger partial charge in [0.1, 0.15) is 0 Å². The van der Waals surface area contributed by atoms with Gasteiger partial charge in [-0.25, -0.2) is 0 Å². The second kappa shape index (κ2) is 6.49. The van der Waals surface area contributed by atoms with Crippen LogP contribution in [0, 0.1) is 0 Å². The zero-order chi connectivity index (χ0) is 14.7.